The van der Waals surface area contributed by atoms with Gasteiger partial charge in [0.1, 0.15) is 11.3 Å². The molecule has 0 aliphatic heterocycles. The molecule has 0 bridgehead atoms. The molecule has 0 spiro atoms. The summed E-state index contributed by atoms with van der Waals surface area (Å²) in [7, 11) is 0. The summed E-state index contributed by atoms with van der Waals surface area (Å²) in [5, 5.41) is 1.24. The average Bonchev–Trinajstić information content (AvgIpc) is 2.61. The molecule has 0 atom stereocenters. The number of fused-ring (bicyclic) bond motifs is 1. The second-order valence-electron chi connectivity index (χ2n) is 3.81. The first kappa shape index (κ1) is 9.86. The lowest BCUT2D eigenvalue weighted by atomic mass is 9.83. The third-order valence-corrected chi connectivity index (χ3v) is 2.95. The molecule has 15 heavy (non-hydrogen) atoms. The first-order valence-electron chi connectivity index (χ1n) is 5.25. The third-order valence-electron chi connectivity index (χ3n) is 2.95. The van der Waals surface area contributed by atoms with E-state index in [-0.39, 0.29) is 0 Å². The molecule has 1 heteroatoms. The Morgan fingerprint density at radius 2 is 1.87 bits per heavy atom. The number of para-hydroxylation sites is 1. The fourth-order valence-electron chi connectivity index (χ4n) is 1.90. The Balaban J connectivity index is 0.000000404. The largest absolute Gasteiger partial charge is 0.461 e. The highest BCUT2D eigenvalue weighted by Crippen LogP contribution is 2.38. The Bertz CT molecular complexity index is 427. The predicted molar refractivity (Wildman–Crippen MR) is 62.7 cm³/mol. The monoisotopic (exact) mass is 198 g/mol. The average molecular weight is 198 g/mol. The normalized spacial score (nSPS) is 15.3. The van der Waals surface area contributed by atoms with Crippen LogP contribution in [0.4, 0.5) is 0 Å². The van der Waals surface area contributed by atoms with Crippen molar-refractivity contribution in [2.45, 2.75) is 25.2 Å². The van der Waals surface area contributed by atoms with E-state index >= 15 is 0 Å². The van der Waals surface area contributed by atoms with Gasteiger partial charge in [0.15, 0.2) is 0 Å². The summed E-state index contributed by atoms with van der Waals surface area (Å²) < 4.78 is 5.77. The van der Waals surface area contributed by atoms with Gasteiger partial charge in [-0.05, 0) is 25.0 Å². The molecule has 0 unspecified atom stereocenters. The molecule has 1 heterocycles. The smallest absolute Gasteiger partial charge is 0.134 e. The van der Waals surface area contributed by atoms with E-state index in [2.05, 4.69) is 31.0 Å². The van der Waals surface area contributed by atoms with Crippen molar-refractivity contribution in [3.8, 4) is 12.8 Å². The number of hydrogen-bond acceptors (Lipinski definition) is 1. The van der Waals surface area contributed by atoms with Crippen LogP contribution in [0.2, 0.25) is 0 Å². The maximum absolute atomic E-state index is 5.77. The Kier molecular flexibility index (Phi) is 2.78. The molecule has 1 aliphatic rings. The second kappa shape index (κ2) is 4.23. The van der Waals surface area contributed by atoms with Crippen LogP contribution in [0.3, 0.4) is 0 Å². The minimum Gasteiger partial charge on any atom is -0.461 e. The molecule has 0 saturated heterocycles. The Hall–Kier alpha value is -1.68. The van der Waals surface area contributed by atoms with Gasteiger partial charge in [-0.2, -0.15) is 0 Å². The highest BCUT2D eigenvalue weighted by Gasteiger charge is 2.22. The molecular weight excluding hydrogens is 184 g/mol. The van der Waals surface area contributed by atoms with Crippen molar-refractivity contribution >= 4 is 11.0 Å². The van der Waals surface area contributed by atoms with Crippen LogP contribution in [-0.4, -0.2) is 0 Å². The zero-order valence-electron chi connectivity index (χ0n) is 8.65. The summed E-state index contributed by atoms with van der Waals surface area (Å²) in [6, 6.07) is 10.4. The second-order valence-corrected chi connectivity index (χ2v) is 3.81. The first-order valence-corrected chi connectivity index (χ1v) is 5.25. The van der Waals surface area contributed by atoms with Gasteiger partial charge in [-0.15, -0.1) is 12.8 Å². The lowest BCUT2D eigenvalue weighted by Gasteiger charge is -2.22. The van der Waals surface area contributed by atoms with Crippen LogP contribution < -0.4 is 0 Å². The van der Waals surface area contributed by atoms with Crippen LogP contribution in [0.5, 0.6) is 0 Å². The standard InChI is InChI=1S/C12H12O.C2H2/c1-2-7-11-10(4-1)8-12(13-11)9-5-3-6-9;1-2/h1-2,4,7-9H,3,5-6H2;1-2H. The van der Waals surface area contributed by atoms with Gasteiger partial charge in [-0.3, -0.25) is 0 Å². The van der Waals surface area contributed by atoms with Gasteiger partial charge >= 0.3 is 0 Å². The van der Waals surface area contributed by atoms with Gasteiger partial charge < -0.3 is 4.42 Å². The van der Waals surface area contributed by atoms with Crippen LogP contribution >= 0.6 is 0 Å². The van der Waals surface area contributed by atoms with E-state index in [4.69, 9.17) is 4.42 Å². The van der Waals surface area contributed by atoms with Crippen molar-refractivity contribution in [1.82, 2.24) is 0 Å². The molecule has 0 amide bonds. The molecule has 1 aromatic carbocycles. The summed E-state index contributed by atoms with van der Waals surface area (Å²) >= 11 is 0. The first-order chi connectivity index (χ1) is 7.43. The fraction of sp³-hybridized carbons (Fsp3) is 0.286. The summed E-state index contributed by atoms with van der Waals surface area (Å²) in [4.78, 5) is 0. The minimum absolute atomic E-state index is 0.701. The summed E-state index contributed by atoms with van der Waals surface area (Å²) in [6.45, 7) is 0. The molecule has 1 aromatic heterocycles. The number of rotatable bonds is 1. The zero-order chi connectivity index (χ0) is 10.7. The van der Waals surface area contributed by atoms with Crippen LogP contribution in [0.15, 0.2) is 34.7 Å². The quantitative estimate of drug-likeness (QED) is 0.632. The van der Waals surface area contributed by atoms with Crippen molar-refractivity contribution in [3.05, 3.63) is 36.1 Å². The van der Waals surface area contributed by atoms with Crippen molar-refractivity contribution in [3.63, 3.8) is 0 Å². The van der Waals surface area contributed by atoms with Gasteiger partial charge in [0.25, 0.3) is 0 Å². The fourth-order valence-corrected chi connectivity index (χ4v) is 1.90. The van der Waals surface area contributed by atoms with Gasteiger partial charge in [0.05, 0.1) is 0 Å². The van der Waals surface area contributed by atoms with Crippen LogP contribution in [-0.2, 0) is 0 Å². The Labute approximate surface area is 90.1 Å². The van der Waals surface area contributed by atoms with Gasteiger partial charge in [-0.1, -0.05) is 24.6 Å². The molecule has 2 aromatic rings. The number of benzene rings is 1. The summed E-state index contributed by atoms with van der Waals surface area (Å²) in [5.41, 5.74) is 1.03. The van der Waals surface area contributed by atoms with Crippen molar-refractivity contribution in [2.24, 2.45) is 0 Å². The van der Waals surface area contributed by atoms with E-state index in [1.165, 1.54) is 30.4 Å². The van der Waals surface area contributed by atoms with E-state index in [0.717, 1.165) is 5.58 Å². The third kappa shape index (κ3) is 1.76. The van der Waals surface area contributed by atoms with E-state index in [9.17, 15) is 0 Å². The molecule has 1 nitrogen and oxygen atoms in total. The van der Waals surface area contributed by atoms with Crippen LogP contribution in [0.1, 0.15) is 30.9 Å². The van der Waals surface area contributed by atoms with Gasteiger partial charge in [0.2, 0.25) is 0 Å². The highest BCUT2D eigenvalue weighted by atomic mass is 16.3. The van der Waals surface area contributed by atoms with E-state index in [1.54, 1.807) is 0 Å². The van der Waals surface area contributed by atoms with Crippen molar-refractivity contribution in [1.29, 1.82) is 0 Å². The number of terminal acetylenes is 1. The topological polar surface area (TPSA) is 13.1 Å². The predicted octanol–water partition coefficient (Wildman–Crippen LogP) is 3.95. The van der Waals surface area contributed by atoms with Gasteiger partial charge in [-0.25, -0.2) is 0 Å². The van der Waals surface area contributed by atoms with Crippen LogP contribution in [0, 0.1) is 12.8 Å². The molecular formula is C14H14O. The van der Waals surface area contributed by atoms with Crippen molar-refractivity contribution < 1.29 is 4.42 Å². The molecule has 1 fully saturated rings. The zero-order valence-corrected chi connectivity index (χ0v) is 8.65. The molecule has 1 saturated carbocycles. The molecule has 0 N–H and O–H groups in total. The van der Waals surface area contributed by atoms with E-state index < -0.39 is 0 Å². The molecule has 3 rings (SSSR count). The molecule has 76 valence electrons. The summed E-state index contributed by atoms with van der Waals surface area (Å²) in [6.07, 6.45) is 12.0. The Morgan fingerprint density at radius 1 is 1.13 bits per heavy atom. The van der Waals surface area contributed by atoms with Crippen molar-refractivity contribution in [2.75, 3.05) is 0 Å². The maximum atomic E-state index is 5.77. The van der Waals surface area contributed by atoms with Crippen LogP contribution in [0.25, 0.3) is 11.0 Å². The molecule has 0 radical (unpaired) electrons. The highest BCUT2D eigenvalue weighted by molar-refractivity contribution is 5.77. The number of furan rings is 1. The lowest BCUT2D eigenvalue weighted by Crippen LogP contribution is -2.06. The SMILES string of the molecule is C#C.c1ccc2oc(C3CCC3)cc2c1. The van der Waals surface area contributed by atoms with Gasteiger partial charge in [0, 0.05) is 11.3 Å². The van der Waals surface area contributed by atoms with E-state index in [1.807, 2.05) is 12.1 Å². The minimum atomic E-state index is 0.701. The van der Waals surface area contributed by atoms with E-state index in [0.29, 0.717) is 5.92 Å². The lowest BCUT2D eigenvalue weighted by molar-refractivity contribution is 0.356. The summed E-state index contributed by atoms with van der Waals surface area (Å²) in [5.74, 6) is 1.89. The number of hydrogen-bond donors (Lipinski definition) is 0. The maximum Gasteiger partial charge on any atom is 0.134 e. The molecule has 1 aliphatic carbocycles. The Morgan fingerprint density at radius 3 is 2.47 bits per heavy atom.